The average molecular weight is 288 g/mol. The quantitative estimate of drug-likeness (QED) is 0.690. The van der Waals surface area contributed by atoms with Gasteiger partial charge in [-0.25, -0.2) is 9.59 Å². The predicted octanol–water partition coefficient (Wildman–Crippen LogP) is 2.05. The third-order valence-corrected chi connectivity index (χ3v) is 3.02. The lowest BCUT2D eigenvalue weighted by Gasteiger charge is -2.08. The van der Waals surface area contributed by atoms with Crippen LogP contribution >= 0.6 is 0 Å². The molecule has 0 aliphatic rings. The van der Waals surface area contributed by atoms with Gasteiger partial charge in [-0.05, 0) is 31.5 Å². The standard InChI is InChI=1S/C14H16N4O3/c1-8-12(9(2)18-17-8)16-14(21)15-7-10-3-5-11(6-4-10)13(19)20/h3-6H,7H2,1-2H3,(H,17,18)(H,19,20)(H2,15,16,21). The fourth-order valence-corrected chi connectivity index (χ4v) is 1.84. The fraction of sp³-hybridized carbons (Fsp3) is 0.214. The van der Waals surface area contributed by atoms with Gasteiger partial charge in [0, 0.05) is 6.54 Å². The van der Waals surface area contributed by atoms with Gasteiger partial charge in [-0.1, -0.05) is 12.1 Å². The number of aromatic nitrogens is 2. The number of aromatic carboxylic acids is 1. The molecule has 0 bridgehead atoms. The molecule has 1 aromatic carbocycles. The highest BCUT2D eigenvalue weighted by molar-refractivity contribution is 5.90. The van der Waals surface area contributed by atoms with E-state index in [1.54, 1.807) is 19.1 Å². The number of anilines is 1. The largest absolute Gasteiger partial charge is 0.478 e. The van der Waals surface area contributed by atoms with Crippen LogP contribution in [0.1, 0.15) is 27.3 Å². The first kappa shape index (κ1) is 14.6. The molecule has 0 spiro atoms. The summed E-state index contributed by atoms with van der Waals surface area (Å²) in [5.41, 5.74) is 3.19. The van der Waals surface area contributed by atoms with E-state index in [-0.39, 0.29) is 11.6 Å². The number of H-pyrrole nitrogens is 1. The lowest BCUT2D eigenvalue weighted by molar-refractivity contribution is 0.0697. The second-order valence-corrected chi connectivity index (χ2v) is 4.62. The molecule has 2 rings (SSSR count). The van der Waals surface area contributed by atoms with Gasteiger partial charge in [-0.3, -0.25) is 5.10 Å². The van der Waals surface area contributed by atoms with Crippen LogP contribution in [0, 0.1) is 13.8 Å². The van der Waals surface area contributed by atoms with Crippen molar-refractivity contribution in [1.82, 2.24) is 15.5 Å². The molecule has 0 radical (unpaired) electrons. The van der Waals surface area contributed by atoms with Gasteiger partial charge < -0.3 is 15.7 Å². The Balaban J connectivity index is 1.91. The highest BCUT2D eigenvalue weighted by Gasteiger charge is 2.09. The third-order valence-electron chi connectivity index (χ3n) is 3.02. The highest BCUT2D eigenvalue weighted by atomic mass is 16.4. The van der Waals surface area contributed by atoms with Gasteiger partial charge in [-0.2, -0.15) is 5.10 Å². The zero-order valence-electron chi connectivity index (χ0n) is 11.7. The molecule has 4 N–H and O–H groups in total. The molecule has 0 aliphatic carbocycles. The van der Waals surface area contributed by atoms with Gasteiger partial charge in [0.05, 0.1) is 22.6 Å². The van der Waals surface area contributed by atoms with Crippen LogP contribution in [-0.4, -0.2) is 27.3 Å². The number of hydrogen-bond donors (Lipinski definition) is 4. The van der Waals surface area contributed by atoms with Crippen LogP contribution in [0.4, 0.5) is 10.5 Å². The molecule has 7 heteroatoms. The topological polar surface area (TPSA) is 107 Å². The maximum atomic E-state index is 11.8. The minimum absolute atomic E-state index is 0.216. The van der Waals surface area contributed by atoms with Gasteiger partial charge in [0.2, 0.25) is 0 Å². The van der Waals surface area contributed by atoms with Gasteiger partial charge in [-0.15, -0.1) is 0 Å². The maximum Gasteiger partial charge on any atom is 0.335 e. The lowest BCUT2D eigenvalue weighted by Crippen LogP contribution is -2.28. The zero-order valence-corrected chi connectivity index (χ0v) is 11.7. The maximum absolute atomic E-state index is 11.8. The molecule has 7 nitrogen and oxygen atoms in total. The number of hydrogen-bond acceptors (Lipinski definition) is 3. The molecule has 1 aromatic heterocycles. The smallest absolute Gasteiger partial charge is 0.335 e. The van der Waals surface area contributed by atoms with E-state index in [0.29, 0.717) is 17.9 Å². The van der Waals surface area contributed by atoms with E-state index in [0.717, 1.165) is 11.3 Å². The number of carboxylic acids is 1. The summed E-state index contributed by atoms with van der Waals surface area (Å²) in [6.45, 7) is 3.92. The van der Waals surface area contributed by atoms with Crippen LogP contribution in [-0.2, 0) is 6.54 Å². The Hall–Kier alpha value is -2.83. The number of amides is 2. The Bertz CT molecular complexity index is 642. The summed E-state index contributed by atoms with van der Waals surface area (Å²) < 4.78 is 0. The average Bonchev–Trinajstić information content (AvgIpc) is 2.77. The Kier molecular flexibility index (Phi) is 4.22. The normalized spacial score (nSPS) is 10.2. The van der Waals surface area contributed by atoms with E-state index in [2.05, 4.69) is 20.8 Å². The van der Waals surface area contributed by atoms with Gasteiger partial charge in [0.1, 0.15) is 0 Å². The van der Waals surface area contributed by atoms with Gasteiger partial charge >= 0.3 is 12.0 Å². The lowest BCUT2D eigenvalue weighted by atomic mass is 10.1. The third kappa shape index (κ3) is 3.59. The molecule has 1 heterocycles. The molecule has 0 aliphatic heterocycles. The van der Waals surface area contributed by atoms with Gasteiger partial charge in [0.15, 0.2) is 0 Å². The second kappa shape index (κ2) is 6.08. The van der Waals surface area contributed by atoms with Crippen molar-refractivity contribution in [3.63, 3.8) is 0 Å². The summed E-state index contributed by atoms with van der Waals surface area (Å²) in [4.78, 5) is 22.5. The molecule has 2 amide bonds. The van der Waals surface area contributed by atoms with Crippen molar-refractivity contribution in [3.8, 4) is 0 Å². The number of rotatable bonds is 4. The molecule has 0 saturated carbocycles. The summed E-state index contributed by atoms with van der Waals surface area (Å²) in [7, 11) is 0. The van der Waals surface area contributed by atoms with E-state index in [4.69, 9.17) is 5.11 Å². The molecular formula is C14H16N4O3. The SMILES string of the molecule is Cc1n[nH]c(C)c1NC(=O)NCc1ccc(C(=O)O)cc1. The molecule has 0 unspecified atom stereocenters. The Morgan fingerprint density at radius 3 is 2.43 bits per heavy atom. The molecule has 21 heavy (non-hydrogen) atoms. The molecule has 0 fully saturated rings. The van der Waals surface area contributed by atoms with Crippen molar-refractivity contribution in [1.29, 1.82) is 0 Å². The number of carboxylic acid groups (broad SMARTS) is 1. The Morgan fingerprint density at radius 2 is 1.90 bits per heavy atom. The summed E-state index contributed by atoms with van der Waals surface area (Å²) in [6.07, 6.45) is 0. The second-order valence-electron chi connectivity index (χ2n) is 4.62. The van der Waals surface area contributed by atoms with Crippen molar-refractivity contribution in [3.05, 3.63) is 46.8 Å². The number of benzene rings is 1. The fourth-order valence-electron chi connectivity index (χ4n) is 1.84. The van der Waals surface area contributed by atoms with E-state index in [9.17, 15) is 9.59 Å². The van der Waals surface area contributed by atoms with E-state index in [1.807, 2.05) is 6.92 Å². The first-order chi connectivity index (χ1) is 9.97. The number of carbonyl (C=O) groups is 2. The van der Waals surface area contributed by atoms with Crippen LogP contribution in [0.25, 0.3) is 0 Å². The monoisotopic (exact) mass is 288 g/mol. The summed E-state index contributed by atoms with van der Waals surface area (Å²) in [5, 5.41) is 21.0. The van der Waals surface area contributed by atoms with E-state index >= 15 is 0 Å². The van der Waals surface area contributed by atoms with Crippen LogP contribution in [0.5, 0.6) is 0 Å². The minimum Gasteiger partial charge on any atom is -0.478 e. The predicted molar refractivity (Wildman–Crippen MR) is 77.3 cm³/mol. The summed E-state index contributed by atoms with van der Waals surface area (Å²) in [6, 6.07) is 5.99. The first-order valence-corrected chi connectivity index (χ1v) is 6.36. The minimum atomic E-state index is -0.974. The Labute approximate surface area is 121 Å². The molecule has 2 aromatic rings. The van der Waals surface area contributed by atoms with Crippen molar-refractivity contribution in [2.45, 2.75) is 20.4 Å². The number of carbonyl (C=O) groups excluding carboxylic acids is 1. The Morgan fingerprint density at radius 1 is 1.24 bits per heavy atom. The summed E-state index contributed by atoms with van der Waals surface area (Å²) in [5.74, 6) is -0.974. The zero-order chi connectivity index (χ0) is 15.4. The molecule has 110 valence electrons. The molecule has 0 atom stereocenters. The van der Waals surface area contributed by atoms with Crippen molar-refractivity contribution >= 4 is 17.7 Å². The van der Waals surface area contributed by atoms with Gasteiger partial charge in [0.25, 0.3) is 0 Å². The number of nitrogens with one attached hydrogen (secondary N) is 3. The van der Waals surface area contributed by atoms with Crippen molar-refractivity contribution in [2.24, 2.45) is 0 Å². The summed E-state index contributed by atoms with van der Waals surface area (Å²) >= 11 is 0. The van der Waals surface area contributed by atoms with Crippen molar-refractivity contribution < 1.29 is 14.7 Å². The first-order valence-electron chi connectivity index (χ1n) is 6.36. The number of urea groups is 1. The van der Waals surface area contributed by atoms with E-state index < -0.39 is 5.97 Å². The van der Waals surface area contributed by atoms with Crippen LogP contribution in [0.2, 0.25) is 0 Å². The van der Waals surface area contributed by atoms with Crippen LogP contribution < -0.4 is 10.6 Å². The number of aryl methyl sites for hydroxylation is 2. The molecule has 0 saturated heterocycles. The molecular weight excluding hydrogens is 272 g/mol. The highest BCUT2D eigenvalue weighted by Crippen LogP contribution is 2.15. The number of aromatic amines is 1. The van der Waals surface area contributed by atoms with E-state index in [1.165, 1.54) is 12.1 Å². The van der Waals surface area contributed by atoms with Crippen molar-refractivity contribution in [2.75, 3.05) is 5.32 Å². The number of nitrogens with zero attached hydrogens (tertiary/aromatic N) is 1. The van der Waals surface area contributed by atoms with Crippen LogP contribution in [0.3, 0.4) is 0 Å². The van der Waals surface area contributed by atoms with Crippen LogP contribution in [0.15, 0.2) is 24.3 Å².